The van der Waals surface area contributed by atoms with Gasteiger partial charge in [0.05, 0.1) is 0 Å². The highest BCUT2D eigenvalue weighted by molar-refractivity contribution is 6.00. The molecule has 3 aliphatic rings. The van der Waals surface area contributed by atoms with Crippen LogP contribution < -0.4 is 14.8 Å². The molecule has 2 aromatic carbocycles. The quantitative estimate of drug-likeness (QED) is 0.691. The third-order valence-corrected chi connectivity index (χ3v) is 7.40. The van der Waals surface area contributed by atoms with Crippen molar-refractivity contribution in [3.8, 4) is 11.5 Å². The Bertz CT molecular complexity index is 1060. The first kappa shape index (κ1) is 23.7. The summed E-state index contributed by atoms with van der Waals surface area (Å²) in [7, 11) is 0. The fourth-order valence-electron chi connectivity index (χ4n) is 5.52. The Morgan fingerprint density at radius 1 is 0.943 bits per heavy atom. The van der Waals surface area contributed by atoms with Crippen molar-refractivity contribution in [1.82, 2.24) is 15.1 Å². The van der Waals surface area contributed by atoms with E-state index in [1.165, 1.54) is 0 Å². The molecular formula is C28H35N3O4. The molecule has 2 amide bonds. The minimum atomic E-state index is -0.802. The zero-order valence-corrected chi connectivity index (χ0v) is 20.7. The van der Waals surface area contributed by atoms with Crippen LogP contribution in [0, 0.1) is 5.92 Å². The third-order valence-electron chi connectivity index (χ3n) is 7.40. The highest BCUT2D eigenvalue weighted by Gasteiger charge is 2.53. The van der Waals surface area contributed by atoms with E-state index >= 15 is 0 Å². The molecule has 0 bridgehead atoms. The number of hydrogen-bond donors (Lipinski definition) is 1. The number of amides is 2. The van der Waals surface area contributed by atoms with Crippen LogP contribution in [0.25, 0.3) is 0 Å². The molecule has 0 aliphatic carbocycles. The monoisotopic (exact) mass is 477 g/mol. The standard InChI is InChI=1S/C28H35N3O4/c1-20(2)16-23-26(32)31(19-21-6-4-3-5-7-21)28(27(33)29-23)10-12-30(13-11-28)18-22-8-9-24-25(17-22)35-15-14-34-24/h3-9,17,20,23H,10-16,18-19H2,1-2H3,(H,29,33). The SMILES string of the molecule is CC(C)CC1NC(=O)C2(CCN(Cc3ccc4c(c3)OCCO4)CC2)N(Cc2ccccc2)C1=O. The van der Waals surface area contributed by atoms with E-state index in [0.717, 1.165) is 42.3 Å². The maximum Gasteiger partial charge on any atom is 0.246 e. The van der Waals surface area contributed by atoms with Crippen LogP contribution in [-0.2, 0) is 22.7 Å². The molecule has 1 N–H and O–H groups in total. The summed E-state index contributed by atoms with van der Waals surface area (Å²) in [5.41, 5.74) is 1.41. The molecule has 35 heavy (non-hydrogen) atoms. The molecule has 7 nitrogen and oxygen atoms in total. The van der Waals surface area contributed by atoms with Crippen molar-refractivity contribution >= 4 is 11.8 Å². The van der Waals surface area contributed by atoms with Crippen LogP contribution in [0.5, 0.6) is 11.5 Å². The van der Waals surface area contributed by atoms with Crippen LogP contribution >= 0.6 is 0 Å². The second-order valence-electron chi connectivity index (χ2n) is 10.4. The van der Waals surface area contributed by atoms with Gasteiger partial charge in [-0.2, -0.15) is 0 Å². The van der Waals surface area contributed by atoms with Gasteiger partial charge in [-0.3, -0.25) is 14.5 Å². The second kappa shape index (κ2) is 9.90. The molecule has 3 heterocycles. The summed E-state index contributed by atoms with van der Waals surface area (Å²) in [4.78, 5) is 31.5. The minimum Gasteiger partial charge on any atom is -0.486 e. The Balaban J connectivity index is 1.33. The maximum absolute atomic E-state index is 13.7. The highest BCUT2D eigenvalue weighted by Crippen LogP contribution is 2.36. The van der Waals surface area contributed by atoms with Crippen molar-refractivity contribution in [3.05, 3.63) is 59.7 Å². The fraction of sp³-hybridized carbons (Fsp3) is 0.500. The van der Waals surface area contributed by atoms with Crippen LogP contribution in [0.3, 0.4) is 0 Å². The van der Waals surface area contributed by atoms with Crippen molar-refractivity contribution < 1.29 is 19.1 Å². The molecule has 0 radical (unpaired) electrons. The molecule has 3 aliphatic heterocycles. The number of benzene rings is 2. The summed E-state index contributed by atoms with van der Waals surface area (Å²) in [5, 5.41) is 3.09. The molecule has 0 aromatic heterocycles. The van der Waals surface area contributed by atoms with Crippen molar-refractivity contribution in [2.75, 3.05) is 26.3 Å². The molecule has 1 unspecified atom stereocenters. The first-order valence-electron chi connectivity index (χ1n) is 12.7. The smallest absolute Gasteiger partial charge is 0.246 e. The van der Waals surface area contributed by atoms with Gasteiger partial charge in [-0.15, -0.1) is 0 Å². The summed E-state index contributed by atoms with van der Waals surface area (Å²) < 4.78 is 11.4. The number of nitrogens with zero attached hydrogens (tertiary/aromatic N) is 2. The van der Waals surface area contributed by atoms with Gasteiger partial charge in [-0.05, 0) is 48.4 Å². The van der Waals surface area contributed by atoms with Crippen molar-refractivity contribution in [2.24, 2.45) is 5.92 Å². The molecule has 5 rings (SSSR count). The zero-order valence-electron chi connectivity index (χ0n) is 20.7. The minimum absolute atomic E-state index is 0.00217. The van der Waals surface area contributed by atoms with Gasteiger partial charge >= 0.3 is 0 Å². The van der Waals surface area contributed by atoms with Crippen molar-refractivity contribution in [1.29, 1.82) is 0 Å². The van der Waals surface area contributed by atoms with Crippen LogP contribution in [-0.4, -0.2) is 59.5 Å². The first-order chi connectivity index (χ1) is 16.9. The summed E-state index contributed by atoms with van der Waals surface area (Å²) in [6.45, 7) is 8.05. The van der Waals surface area contributed by atoms with E-state index in [-0.39, 0.29) is 11.8 Å². The first-order valence-corrected chi connectivity index (χ1v) is 12.7. The fourth-order valence-corrected chi connectivity index (χ4v) is 5.52. The van der Waals surface area contributed by atoms with E-state index in [4.69, 9.17) is 9.47 Å². The number of piperidine rings is 1. The molecule has 2 saturated heterocycles. The van der Waals surface area contributed by atoms with Gasteiger partial charge < -0.3 is 19.7 Å². The number of carbonyl (C=O) groups is 2. The van der Waals surface area contributed by atoms with Gasteiger partial charge in [0.1, 0.15) is 24.8 Å². The number of nitrogens with one attached hydrogen (secondary N) is 1. The van der Waals surface area contributed by atoms with E-state index in [9.17, 15) is 9.59 Å². The molecular weight excluding hydrogens is 442 g/mol. The summed E-state index contributed by atoms with van der Waals surface area (Å²) in [5.74, 6) is 1.96. The van der Waals surface area contributed by atoms with Crippen molar-refractivity contribution in [3.63, 3.8) is 0 Å². The largest absolute Gasteiger partial charge is 0.486 e. The topological polar surface area (TPSA) is 71.1 Å². The predicted molar refractivity (Wildman–Crippen MR) is 133 cm³/mol. The summed E-state index contributed by atoms with van der Waals surface area (Å²) in [6, 6.07) is 15.6. The number of fused-ring (bicyclic) bond motifs is 1. The Morgan fingerprint density at radius 2 is 1.66 bits per heavy atom. The number of ether oxygens (including phenoxy) is 2. The molecule has 0 saturated carbocycles. The number of carbonyl (C=O) groups excluding carboxylic acids is 2. The number of piperazine rings is 1. The van der Waals surface area contributed by atoms with Gasteiger partial charge in [-0.25, -0.2) is 0 Å². The van der Waals surface area contributed by atoms with Crippen LogP contribution in [0.4, 0.5) is 0 Å². The van der Waals surface area contributed by atoms with Gasteiger partial charge in [0.2, 0.25) is 11.8 Å². The molecule has 1 spiro atoms. The van der Waals surface area contributed by atoms with Gasteiger partial charge in [0.15, 0.2) is 11.5 Å². The third kappa shape index (κ3) is 4.87. The van der Waals surface area contributed by atoms with Gasteiger partial charge in [0, 0.05) is 26.2 Å². The lowest BCUT2D eigenvalue weighted by atomic mass is 9.80. The average molecular weight is 478 g/mol. The van der Waals surface area contributed by atoms with E-state index < -0.39 is 11.6 Å². The summed E-state index contributed by atoms with van der Waals surface area (Å²) >= 11 is 0. The lowest BCUT2D eigenvalue weighted by Gasteiger charge is -2.52. The second-order valence-corrected chi connectivity index (χ2v) is 10.4. The van der Waals surface area contributed by atoms with Gasteiger partial charge in [0.25, 0.3) is 0 Å². The lowest BCUT2D eigenvalue weighted by molar-refractivity contribution is -0.162. The lowest BCUT2D eigenvalue weighted by Crippen LogP contribution is -2.72. The Hall–Kier alpha value is -3.06. The number of likely N-dealkylation sites (tertiary alicyclic amines) is 1. The number of hydrogen-bond acceptors (Lipinski definition) is 5. The molecule has 2 fully saturated rings. The zero-order chi connectivity index (χ0) is 24.4. The summed E-state index contributed by atoms with van der Waals surface area (Å²) in [6.07, 6.45) is 1.90. The molecule has 186 valence electrons. The average Bonchev–Trinajstić information content (AvgIpc) is 2.87. The van der Waals surface area contributed by atoms with Crippen LogP contribution in [0.15, 0.2) is 48.5 Å². The van der Waals surface area contributed by atoms with E-state index in [0.29, 0.717) is 44.9 Å². The number of rotatable bonds is 6. The van der Waals surface area contributed by atoms with Crippen molar-refractivity contribution in [2.45, 2.75) is 57.8 Å². The molecule has 2 aromatic rings. The van der Waals surface area contributed by atoms with E-state index in [1.807, 2.05) is 47.4 Å². The van der Waals surface area contributed by atoms with E-state index in [2.05, 4.69) is 30.1 Å². The highest BCUT2D eigenvalue weighted by atomic mass is 16.6. The maximum atomic E-state index is 13.7. The predicted octanol–water partition coefficient (Wildman–Crippen LogP) is 3.37. The molecule has 1 atom stereocenters. The van der Waals surface area contributed by atoms with Crippen LogP contribution in [0.2, 0.25) is 0 Å². The molecule has 7 heteroatoms. The Morgan fingerprint density at radius 3 is 2.37 bits per heavy atom. The van der Waals surface area contributed by atoms with E-state index in [1.54, 1.807) is 0 Å². The normalized spacial score (nSPS) is 21.9. The van der Waals surface area contributed by atoms with Gasteiger partial charge in [-0.1, -0.05) is 50.2 Å². The Kier molecular flexibility index (Phi) is 6.69. The Labute approximate surface area is 207 Å². The van der Waals surface area contributed by atoms with Crippen LogP contribution in [0.1, 0.15) is 44.2 Å².